The Labute approximate surface area is 166 Å². The van der Waals surface area contributed by atoms with Crippen LogP contribution in [0.2, 0.25) is 0 Å². The number of hydrogen-bond acceptors (Lipinski definition) is 7. The van der Waals surface area contributed by atoms with Crippen molar-refractivity contribution in [1.29, 1.82) is 0 Å². The zero-order valence-electron chi connectivity index (χ0n) is 15.2. The number of hydrogen-bond donors (Lipinski definition) is 2. The molecule has 0 aliphatic heterocycles. The lowest BCUT2D eigenvalue weighted by molar-refractivity contribution is 0.0601. The highest BCUT2D eigenvalue weighted by atomic mass is 32.1. The molecule has 0 aliphatic rings. The second-order valence-electron chi connectivity index (χ2n) is 6.04. The number of para-hydroxylation sites is 1. The van der Waals surface area contributed by atoms with Gasteiger partial charge in [-0.25, -0.2) is 9.78 Å². The van der Waals surface area contributed by atoms with Crippen molar-refractivity contribution in [2.24, 2.45) is 0 Å². The van der Waals surface area contributed by atoms with Crippen molar-refractivity contribution >= 4 is 45.7 Å². The zero-order chi connectivity index (χ0) is 19.3. The van der Waals surface area contributed by atoms with Gasteiger partial charge >= 0.3 is 5.97 Å². The predicted octanol–water partition coefficient (Wildman–Crippen LogP) is 4.83. The molecule has 4 rings (SSSR count). The largest absolute Gasteiger partial charge is 0.465 e. The molecule has 0 amide bonds. The fourth-order valence-electron chi connectivity index (χ4n) is 2.79. The van der Waals surface area contributed by atoms with Crippen LogP contribution in [0.3, 0.4) is 0 Å². The number of carbonyl (C=O) groups excluding carboxylic acids is 1. The standard InChI is InChI=1S/C21H18N4O2S/c1-27-20(26)14-8-10-15(11-9-14)23-21-24-18-7-3-2-6-17(18)19(25-21)22-13-16-5-4-12-28-16/h2-12H,13H2,1H3,(H2,22,23,24,25). The van der Waals surface area contributed by atoms with Crippen molar-refractivity contribution in [1.82, 2.24) is 9.97 Å². The number of anilines is 3. The molecule has 2 N–H and O–H groups in total. The van der Waals surface area contributed by atoms with Crippen molar-refractivity contribution < 1.29 is 9.53 Å². The SMILES string of the molecule is COC(=O)c1ccc(Nc2nc(NCc3cccs3)c3ccccc3n2)cc1. The summed E-state index contributed by atoms with van der Waals surface area (Å²) in [6.07, 6.45) is 0. The first-order valence-corrected chi connectivity index (χ1v) is 9.59. The van der Waals surface area contributed by atoms with Crippen molar-refractivity contribution in [2.75, 3.05) is 17.7 Å². The Morgan fingerprint density at radius 1 is 1.04 bits per heavy atom. The van der Waals surface area contributed by atoms with Crippen LogP contribution in [0, 0.1) is 0 Å². The summed E-state index contributed by atoms with van der Waals surface area (Å²) in [4.78, 5) is 22.0. The number of fused-ring (bicyclic) bond motifs is 1. The molecule has 0 aliphatic carbocycles. The van der Waals surface area contributed by atoms with Gasteiger partial charge in [-0.1, -0.05) is 18.2 Å². The lowest BCUT2D eigenvalue weighted by atomic mass is 10.2. The number of rotatable bonds is 6. The summed E-state index contributed by atoms with van der Waals surface area (Å²) in [5.41, 5.74) is 2.12. The molecule has 0 saturated heterocycles. The molecule has 0 saturated carbocycles. The van der Waals surface area contributed by atoms with Gasteiger partial charge in [-0.15, -0.1) is 11.3 Å². The van der Waals surface area contributed by atoms with E-state index in [4.69, 9.17) is 4.74 Å². The number of benzene rings is 2. The number of thiophene rings is 1. The number of nitrogens with zero attached hydrogens (tertiary/aromatic N) is 2. The van der Waals surface area contributed by atoms with Crippen LogP contribution < -0.4 is 10.6 Å². The third kappa shape index (κ3) is 3.94. The molecule has 2 heterocycles. The number of aromatic nitrogens is 2. The minimum Gasteiger partial charge on any atom is -0.465 e. The molecule has 140 valence electrons. The minimum absolute atomic E-state index is 0.367. The van der Waals surface area contributed by atoms with Crippen LogP contribution in [0.4, 0.5) is 17.5 Å². The third-order valence-electron chi connectivity index (χ3n) is 4.18. The molecule has 0 fully saturated rings. The van der Waals surface area contributed by atoms with Gasteiger partial charge < -0.3 is 15.4 Å². The average Bonchev–Trinajstić information content (AvgIpc) is 3.25. The Balaban J connectivity index is 1.60. The van der Waals surface area contributed by atoms with Gasteiger partial charge in [0, 0.05) is 16.0 Å². The van der Waals surface area contributed by atoms with Crippen LogP contribution in [0.1, 0.15) is 15.2 Å². The summed E-state index contributed by atoms with van der Waals surface area (Å²) in [6.45, 7) is 0.700. The maximum Gasteiger partial charge on any atom is 0.337 e. The van der Waals surface area contributed by atoms with E-state index in [-0.39, 0.29) is 5.97 Å². The molecule has 0 bridgehead atoms. The highest BCUT2D eigenvalue weighted by Gasteiger charge is 2.09. The molecule has 7 heteroatoms. The van der Waals surface area contributed by atoms with Crippen molar-refractivity contribution in [3.63, 3.8) is 0 Å². The Bertz CT molecular complexity index is 1100. The van der Waals surface area contributed by atoms with Gasteiger partial charge in [0.2, 0.25) is 5.95 Å². The Morgan fingerprint density at radius 3 is 2.61 bits per heavy atom. The molecule has 0 spiro atoms. The monoisotopic (exact) mass is 390 g/mol. The quantitative estimate of drug-likeness (QED) is 0.459. The first kappa shape index (κ1) is 17.9. The second kappa shape index (κ2) is 8.06. The normalized spacial score (nSPS) is 10.6. The van der Waals surface area contributed by atoms with E-state index in [2.05, 4.69) is 32.0 Å². The van der Waals surface area contributed by atoms with Gasteiger partial charge in [0.15, 0.2) is 0 Å². The second-order valence-corrected chi connectivity index (χ2v) is 7.07. The van der Waals surface area contributed by atoms with Gasteiger partial charge in [-0.3, -0.25) is 0 Å². The number of carbonyl (C=O) groups is 1. The van der Waals surface area contributed by atoms with Crippen molar-refractivity contribution in [3.05, 3.63) is 76.5 Å². The van der Waals surface area contributed by atoms with Gasteiger partial charge in [0.05, 0.1) is 24.7 Å². The Hall–Kier alpha value is -3.45. The maximum atomic E-state index is 11.6. The van der Waals surface area contributed by atoms with E-state index in [9.17, 15) is 4.79 Å². The van der Waals surface area contributed by atoms with Gasteiger partial charge in [0.1, 0.15) is 5.82 Å². The molecule has 6 nitrogen and oxygen atoms in total. The van der Waals surface area contributed by atoms with E-state index in [1.807, 2.05) is 30.3 Å². The third-order valence-corrected chi connectivity index (χ3v) is 5.05. The number of ether oxygens (including phenoxy) is 1. The summed E-state index contributed by atoms with van der Waals surface area (Å²) < 4.78 is 4.72. The average molecular weight is 390 g/mol. The number of esters is 1. The molecule has 2 aromatic carbocycles. The summed E-state index contributed by atoms with van der Waals surface area (Å²) >= 11 is 1.70. The number of nitrogens with one attached hydrogen (secondary N) is 2. The van der Waals surface area contributed by atoms with Crippen LogP contribution >= 0.6 is 11.3 Å². The summed E-state index contributed by atoms with van der Waals surface area (Å²) in [6, 6.07) is 19.0. The fraction of sp³-hybridized carbons (Fsp3) is 0.0952. The lowest BCUT2D eigenvalue weighted by Crippen LogP contribution is -2.05. The highest BCUT2D eigenvalue weighted by Crippen LogP contribution is 2.24. The van der Waals surface area contributed by atoms with Crippen LogP contribution in [0.5, 0.6) is 0 Å². The molecular formula is C21H18N4O2S. The highest BCUT2D eigenvalue weighted by molar-refractivity contribution is 7.09. The molecule has 4 aromatic rings. The van der Waals surface area contributed by atoms with E-state index < -0.39 is 0 Å². The van der Waals surface area contributed by atoms with Crippen LogP contribution in [0.15, 0.2) is 66.0 Å². The summed E-state index contributed by atoms with van der Waals surface area (Å²) in [7, 11) is 1.36. The molecular weight excluding hydrogens is 372 g/mol. The Morgan fingerprint density at radius 2 is 1.86 bits per heavy atom. The van der Waals surface area contributed by atoms with E-state index in [1.165, 1.54) is 12.0 Å². The van der Waals surface area contributed by atoms with Crippen molar-refractivity contribution in [2.45, 2.75) is 6.54 Å². The zero-order valence-corrected chi connectivity index (χ0v) is 16.0. The van der Waals surface area contributed by atoms with E-state index in [0.29, 0.717) is 18.1 Å². The van der Waals surface area contributed by atoms with Crippen LogP contribution in [0.25, 0.3) is 10.9 Å². The fourth-order valence-corrected chi connectivity index (χ4v) is 3.43. The van der Waals surface area contributed by atoms with Crippen LogP contribution in [-0.4, -0.2) is 23.0 Å². The molecule has 0 atom stereocenters. The molecule has 0 radical (unpaired) electrons. The van der Waals surface area contributed by atoms with Gasteiger partial charge in [-0.05, 0) is 47.8 Å². The van der Waals surface area contributed by atoms with E-state index >= 15 is 0 Å². The lowest BCUT2D eigenvalue weighted by Gasteiger charge is -2.11. The molecule has 2 aromatic heterocycles. The first-order valence-electron chi connectivity index (χ1n) is 8.71. The van der Waals surface area contributed by atoms with Crippen LogP contribution in [-0.2, 0) is 11.3 Å². The first-order chi connectivity index (χ1) is 13.7. The van der Waals surface area contributed by atoms with E-state index in [1.54, 1.807) is 35.6 Å². The molecule has 0 unspecified atom stereocenters. The van der Waals surface area contributed by atoms with E-state index in [0.717, 1.165) is 22.4 Å². The topological polar surface area (TPSA) is 76.1 Å². The summed E-state index contributed by atoms with van der Waals surface area (Å²) in [5.74, 6) is 0.888. The number of methoxy groups -OCH3 is 1. The Kier molecular flexibility index (Phi) is 5.16. The minimum atomic E-state index is -0.367. The summed E-state index contributed by atoms with van der Waals surface area (Å²) in [5, 5.41) is 9.63. The van der Waals surface area contributed by atoms with Crippen molar-refractivity contribution in [3.8, 4) is 0 Å². The predicted molar refractivity (Wildman–Crippen MR) is 112 cm³/mol. The maximum absolute atomic E-state index is 11.6. The van der Waals surface area contributed by atoms with Gasteiger partial charge in [-0.2, -0.15) is 4.98 Å². The smallest absolute Gasteiger partial charge is 0.337 e. The molecule has 28 heavy (non-hydrogen) atoms. The van der Waals surface area contributed by atoms with Gasteiger partial charge in [0.25, 0.3) is 0 Å².